The normalized spacial score (nSPS) is 36.8. The topological polar surface area (TPSA) is 109 Å². The molecule has 3 aliphatic rings. The number of carbonyl (C=O) groups excluding carboxylic acids is 1. The van der Waals surface area contributed by atoms with E-state index in [9.17, 15) is 17.6 Å². The van der Waals surface area contributed by atoms with Crippen LogP contribution in [0.5, 0.6) is 0 Å². The van der Waals surface area contributed by atoms with Crippen LogP contribution in [0.2, 0.25) is 0 Å². The van der Waals surface area contributed by atoms with Crippen molar-refractivity contribution in [2.24, 2.45) is 11.8 Å². The molecule has 32 heavy (non-hydrogen) atoms. The third-order valence-corrected chi connectivity index (χ3v) is 8.94. The molecule has 0 aromatic rings. The van der Waals surface area contributed by atoms with Crippen LogP contribution in [0, 0.1) is 11.8 Å². The molecule has 1 amide bonds. The Hall–Kier alpha value is -0.560. The van der Waals surface area contributed by atoms with Crippen molar-refractivity contribution in [3.63, 3.8) is 0 Å². The molecule has 2 aliphatic carbocycles. The van der Waals surface area contributed by atoms with Crippen LogP contribution in [0.15, 0.2) is 0 Å². The second-order valence-corrected chi connectivity index (χ2v) is 11.7. The van der Waals surface area contributed by atoms with Gasteiger partial charge in [-0.2, -0.15) is 0 Å². The predicted molar refractivity (Wildman–Crippen MR) is 119 cm³/mol. The first-order valence-corrected chi connectivity index (χ1v) is 13.3. The van der Waals surface area contributed by atoms with E-state index in [-0.39, 0.29) is 18.1 Å². The van der Waals surface area contributed by atoms with E-state index in [1.165, 1.54) is 0 Å². The van der Waals surface area contributed by atoms with Gasteiger partial charge in [-0.3, -0.25) is 20.4 Å². The first-order chi connectivity index (χ1) is 15.2. The van der Waals surface area contributed by atoms with E-state index >= 15 is 0 Å². The summed E-state index contributed by atoms with van der Waals surface area (Å²) in [6.07, 6.45) is 1.44. The Labute approximate surface area is 195 Å². The largest absolute Gasteiger partial charge is 0.382 e. The van der Waals surface area contributed by atoms with E-state index in [4.69, 9.17) is 21.1 Å². The summed E-state index contributed by atoms with van der Waals surface area (Å²) in [7, 11) is -0.247. The molecule has 2 saturated carbocycles. The maximum atomic E-state index is 14.8. The molecule has 186 valence electrons. The van der Waals surface area contributed by atoms with Gasteiger partial charge in [0.05, 0.1) is 35.9 Å². The fourth-order valence-electron chi connectivity index (χ4n) is 4.99. The lowest BCUT2D eigenvalue weighted by Crippen LogP contribution is -2.53. The van der Waals surface area contributed by atoms with E-state index in [2.05, 4.69) is 20.5 Å². The lowest BCUT2D eigenvalue weighted by molar-refractivity contribution is -0.129. The number of rotatable bonds is 9. The van der Waals surface area contributed by atoms with Crippen LogP contribution in [0.3, 0.4) is 0 Å². The second-order valence-electron chi connectivity index (χ2n) is 9.22. The Kier molecular flexibility index (Phi) is 9.54. The zero-order valence-corrected chi connectivity index (χ0v) is 20.3. The maximum absolute atomic E-state index is 14.8. The van der Waals surface area contributed by atoms with Crippen LogP contribution < -0.4 is 15.6 Å². The molecule has 1 saturated heterocycles. The van der Waals surface area contributed by atoms with Crippen molar-refractivity contribution in [1.29, 1.82) is 0 Å². The van der Waals surface area contributed by atoms with Gasteiger partial charge in [0.15, 0.2) is 0 Å². The first kappa shape index (κ1) is 26.1. The third kappa shape index (κ3) is 6.74. The van der Waals surface area contributed by atoms with E-state index in [0.29, 0.717) is 45.3 Å². The molecule has 9 nitrogen and oxygen atoms in total. The molecule has 1 aliphatic heterocycles. The van der Waals surface area contributed by atoms with Gasteiger partial charge in [0.1, 0.15) is 6.17 Å². The Morgan fingerprint density at radius 1 is 1.25 bits per heavy atom. The van der Waals surface area contributed by atoms with Crippen LogP contribution in [-0.4, -0.2) is 88.8 Å². The summed E-state index contributed by atoms with van der Waals surface area (Å²) in [6, 6.07) is 0.137. The van der Waals surface area contributed by atoms with Gasteiger partial charge in [-0.25, -0.2) is 12.8 Å². The number of ether oxygens (including phenoxy) is 2. The van der Waals surface area contributed by atoms with Gasteiger partial charge < -0.3 is 9.47 Å². The van der Waals surface area contributed by atoms with Crippen molar-refractivity contribution in [3.05, 3.63) is 0 Å². The van der Waals surface area contributed by atoms with Gasteiger partial charge >= 0.3 is 0 Å². The zero-order chi connectivity index (χ0) is 23.3. The van der Waals surface area contributed by atoms with E-state index in [1.54, 1.807) is 7.11 Å². The van der Waals surface area contributed by atoms with Crippen molar-refractivity contribution < 1.29 is 27.1 Å². The molecular formula is C20H36ClFN4O5S. The zero-order valence-electron chi connectivity index (χ0n) is 18.8. The molecule has 7 atom stereocenters. The average molecular weight is 499 g/mol. The minimum atomic E-state index is -3.82. The van der Waals surface area contributed by atoms with Crippen molar-refractivity contribution in [2.45, 2.75) is 67.5 Å². The van der Waals surface area contributed by atoms with Gasteiger partial charge in [0.2, 0.25) is 15.9 Å². The summed E-state index contributed by atoms with van der Waals surface area (Å²) in [4.78, 5) is 17.1. The van der Waals surface area contributed by atoms with Crippen molar-refractivity contribution in [2.75, 3.05) is 40.6 Å². The summed E-state index contributed by atoms with van der Waals surface area (Å²) in [6.45, 7) is 2.40. The SMILES string of the molecule is COCCOC1CCCC(S(=O)(=O)NNC(=O)C2CC(C3CN(C)CN3)CC(Cl)C2F)C1. The number of amides is 1. The molecule has 0 bridgehead atoms. The van der Waals surface area contributed by atoms with Gasteiger partial charge in [-0.1, -0.05) is 0 Å². The lowest BCUT2D eigenvalue weighted by atomic mass is 9.76. The Balaban J connectivity index is 1.53. The Bertz CT molecular complexity index is 733. The fraction of sp³-hybridized carbons (Fsp3) is 0.950. The van der Waals surface area contributed by atoms with Crippen LogP contribution in [-0.2, 0) is 24.3 Å². The van der Waals surface area contributed by atoms with Crippen molar-refractivity contribution in [3.8, 4) is 0 Å². The highest BCUT2D eigenvalue weighted by Gasteiger charge is 2.44. The highest BCUT2D eigenvalue weighted by Crippen LogP contribution is 2.37. The summed E-state index contributed by atoms with van der Waals surface area (Å²) in [5.41, 5.74) is 2.26. The quantitative estimate of drug-likeness (QED) is 0.244. The summed E-state index contributed by atoms with van der Waals surface area (Å²) < 4.78 is 50.9. The number of halogens is 2. The summed E-state index contributed by atoms with van der Waals surface area (Å²) in [5, 5.41) is 1.92. The highest BCUT2D eigenvalue weighted by molar-refractivity contribution is 7.90. The van der Waals surface area contributed by atoms with Crippen LogP contribution >= 0.6 is 11.6 Å². The molecule has 1 heterocycles. The number of carbonyl (C=O) groups is 1. The summed E-state index contributed by atoms with van der Waals surface area (Å²) >= 11 is 6.24. The van der Waals surface area contributed by atoms with Gasteiger partial charge in [0, 0.05) is 26.4 Å². The molecule has 0 radical (unpaired) electrons. The van der Waals surface area contributed by atoms with Crippen LogP contribution in [0.1, 0.15) is 38.5 Å². The maximum Gasteiger partial charge on any atom is 0.241 e. The third-order valence-electron chi connectivity index (χ3n) is 6.83. The van der Waals surface area contributed by atoms with Crippen LogP contribution in [0.25, 0.3) is 0 Å². The number of methoxy groups -OCH3 is 1. The van der Waals surface area contributed by atoms with Crippen LogP contribution in [0.4, 0.5) is 4.39 Å². The predicted octanol–water partition coefficient (Wildman–Crippen LogP) is 0.744. The molecule has 0 aromatic heterocycles. The Morgan fingerprint density at radius 3 is 2.72 bits per heavy atom. The first-order valence-electron chi connectivity index (χ1n) is 11.3. The second kappa shape index (κ2) is 11.7. The molecule has 12 heteroatoms. The number of nitrogens with one attached hydrogen (secondary N) is 3. The number of alkyl halides is 2. The van der Waals surface area contributed by atoms with Gasteiger partial charge in [-0.15, -0.1) is 16.4 Å². The molecule has 0 aromatic carbocycles. The molecule has 3 fully saturated rings. The molecule has 0 spiro atoms. The van der Waals surface area contributed by atoms with E-state index in [1.807, 2.05) is 7.05 Å². The number of hydrogen-bond acceptors (Lipinski definition) is 7. The lowest BCUT2D eigenvalue weighted by Gasteiger charge is -2.37. The van der Waals surface area contributed by atoms with Crippen molar-refractivity contribution in [1.82, 2.24) is 20.5 Å². The van der Waals surface area contributed by atoms with Crippen molar-refractivity contribution >= 4 is 27.5 Å². The Morgan fingerprint density at radius 2 is 2.03 bits per heavy atom. The summed E-state index contributed by atoms with van der Waals surface area (Å²) in [5.74, 6) is -1.63. The molecule has 3 N–H and O–H groups in total. The molecule has 3 rings (SSSR count). The number of nitrogens with zero attached hydrogens (tertiary/aromatic N) is 1. The number of likely N-dealkylation sites (N-methyl/N-ethyl adjacent to an activating group) is 1. The highest BCUT2D eigenvalue weighted by atomic mass is 35.5. The molecule has 7 unspecified atom stereocenters. The molecular weight excluding hydrogens is 463 g/mol. The number of hydrogen-bond donors (Lipinski definition) is 3. The average Bonchev–Trinajstić information content (AvgIpc) is 3.20. The smallest absolute Gasteiger partial charge is 0.241 e. The van der Waals surface area contributed by atoms with E-state index < -0.39 is 38.6 Å². The number of hydrazine groups is 1. The van der Waals surface area contributed by atoms with Gasteiger partial charge in [-0.05, 0) is 51.5 Å². The minimum absolute atomic E-state index is 0.0464. The fourth-order valence-corrected chi connectivity index (χ4v) is 6.75. The standard InChI is InChI=1S/C20H36ClFN4O5S/c1-26-11-18(23-12-26)13-8-16(19(22)17(21)9-13)20(27)24-25-32(28,29)15-5-3-4-14(10-15)31-7-6-30-2/h13-19,23,25H,3-12H2,1-2H3,(H,24,27). The minimum Gasteiger partial charge on any atom is -0.382 e. The van der Waals surface area contributed by atoms with Gasteiger partial charge in [0.25, 0.3) is 0 Å². The number of sulfonamides is 1. The monoisotopic (exact) mass is 498 g/mol. The van der Waals surface area contributed by atoms with E-state index in [0.717, 1.165) is 19.6 Å².